The molecule has 0 saturated carbocycles. The Morgan fingerprint density at radius 2 is 2.12 bits per heavy atom. The fourth-order valence-corrected chi connectivity index (χ4v) is 3.19. The van der Waals surface area contributed by atoms with Gasteiger partial charge >= 0.3 is 0 Å². The number of rotatable bonds is 4. The van der Waals surface area contributed by atoms with Gasteiger partial charge in [0.2, 0.25) is 11.8 Å². The third-order valence-electron chi connectivity index (χ3n) is 4.54. The van der Waals surface area contributed by atoms with Gasteiger partial charge in [-0.05, 0) is 24.3 Å². The molecule has 0 radical (unpaired) electrons. The largest absolute Gasteiger partial charge is 0.497 e. The number of hydrogen-bond donors (Lipinski definition) is 2. The number of para-hydroxylation sites is 1. The Labute approximate surface area is 149 Å². The molecule has 0 aliphatic carbocycles. The fourth-order valence-electron chi connectivity index (χ4n) is 3.19. The zero-order valence-electron chi connectivity index (χ0n) is 14.2. The molecule has 1 atom stereocenters. The van der Waals surface area contributed by atoms with E-state index in [0.717, 1.165) is 10.9 Å². The summed E-state index contributed by atoms with van der Waals surface area (Å²) in [5.74, 6) is 0.517. The lowest BCUT2D eigenvalue weighted by atomic mass is 10.1. The van der Waals surface area contributed by atoms with Crippen LogP contribution in [0.3, 0.4) is 0 Å². The number of nitrogens with zero attached hydrogens (tertiary/aromatic N) is 2. The molecule has 1 saturated heterocycles. The van der Waals surface area contributed by atoms with E-state index in [4.69, 9.17) is 4.74 Å². The van der Waals surface area contributed by atoms with E-state index >= 15 is 0 Å². The highest BCUT2D eigenvalue weighted by molar-refractivity contribution is 6.06. The molecule has 1 fully saturated rings. The van der Waals surface area contributed by atoms with Crippen molar-refractivity contribution in [3.8, 4) is 5.75 Å². The summed E-state index contributed by atoms with van der Waals surface area (Å²) < 4.78 is 5.16. The topological polar surface area (TPSA) is 87.3 Å². The van der Waals surface area contributed by atoms with Crippen molar-refractivity contribution in [1.82, 2.24) is 10.2 Å². The van der Waals surface area contributed by atoms with Gasteiger partial charge in [-0.15, -0.1) is 0 Å². The number of aromatic nitrogens is 2. The number of benzene rings is 2. The number of methoxy groups -OCH3 is 1. The number of aromatic amines is 1. The second-order valence-corrected chi connectivity index (χ2v) is 6.22. The molecule has 3 aromatic rings. The molecule has 1 aromatic heterocycles. The number of ether oxygens (including phenoxy) is 1. The number of carbonyl (C=O) groups is 2. The van der Waals surface area contributed by atoms with Crippen molar-refractivity contribution in [3.63, 3.8) is 0 Å². The Morgan fingerprint density at radius 1 is 1.27 bits per heavy atom. The lowest BCUT2D eigenvalue weighted by molar-refractivity contribution is -0.122. The van der Waals surface area contributed by atoms with Gasteiger partial charge in [-0.2, -0.15) is 5.10 Å². The predicted octanol–water partition coefficient (Wildman–Crippen LogP) is 2.56. The van der Waals surface area contributed by atoms with E-state index in [1.807, 2.05) is 24.3 Å². The number of amides is 2. The molecule has 7 heteroatoms. The van der Waals surface area contributed by atoms with Crippen LogP contribution in [0.4, 0.5) is 11.5 Å². The van der Waals surface area contributed by atoms with Gasteiger partial charge in [-0.25, -0.2) is 0 Å². The van der Waals surface area contributed by atoms with Crippen molar-refractivity contribution in [2.45, 2.75) is 6.42 Å². The molecule has 7 nitrogen and oxygen atoms in total. The Balaban J connectivity index is 1.51. The maximum Gasteiger partial charge on any atom is 0.229 e. The molecule has 1 aliphatic rings. The Bertz CT molecular complexity index is 982. The van der Waals surface area contributed by atoms with Crippen LogP contribution in [-0.4, -0.2) is 35.7 Å². The Kier molecular flexibility index (Phi) is 4.04. The van der Waals surface area contributed by atoms with Crippen LogP contribution in [0.15, 0.2) is 48.5 Å². The van der Waals surface area contributed by atoms with Gasteiger partial charge in [-0.3, -0.25) is 19.6 Å². The van der Waals surface area contributed by atoms with E-state index in [1.165, 1.54) is 0 Å². The highest BCUT2D eigenvalue weighted by atomic mass is 16.5. The van der Waals surface area contributed by atoms with Crippen molar-refractivity contribution >= 4 is 34.2 Å². The monoisotopic (exact) mass is 350 g/mol. The normalized spacial score (nSPS) is 16.9. The van der Waals surface area contributed by atoms with Crippen LogP contribution in [0, 0.1) is 5.92 Å². The van der Waals surface area contributed by atoms with E-state index in [0.29, 0.717) is 23.8 Å². The maximum atomic E-state index is 12.6. The highest BCUT2D eigenvalue weighted by Crippen LogP contribution is 2.30. The molecule has 2 amide bonds. The average molecular weight is 350 g/mol. The molecule has 4 rings (SSSR count). The average Bonchev–Trinajstić information content (AvgIpc) is 3.25. The SMILES string of the molecule is COc1cccc(NC(=O)[C@H]2CC(=O)N(c3n[nH]c4ccccc34)C2)c1. The van der Waals surface area contributed by atoms with Crippen LogP contribution >= 0.6 is 0 Å². The van der Waals surface area contributed by atoms with Gasteiger partial charge in [-0.1, -0.05) is 18.2 Å². The summed E-state index contributed by atoms with van der Waals surface area (Å²) in [5, 5.41) is 10.9. The predicted molar refractivity (Wildman–Crippen MR) is 98.2 cm³/mol. The van der Waals surface area contributed by atoms with Crippen LogP contribution in [0.1, 0.15) is 6.42 Å². The first-order valence-corrected chi connectivity index (χ1v) is 8.34. The number of H-pyrrole nitrogens is 1. The zero-order chi connectivity index (χ0) is 18.1. The van der Waals surface area contributed by atoms with E-state index < -0.39 is 5.92 Å². The minimum absolute atomic E-state index is 0.104. The Hall–Kier alpha value is -3.35. The zero-order valence-corrected chi connectivity index (χ0v) is 14.2. The molecule has 2 N–H and O–H groups in total. The van der Waals surface area contributed by atoms with Crippen molar-refractivity contribution < 1.29 is 14.3 Å². The number of hydrogen-bond acceptors (Lipinski definition) is 4. The van der Waals surface area contributed by atoms with Crippen LogP contribution in [-0.2, 0) is 9.59 Å². The molecular formula is C19H18N4O3. The van der Waals surface area contributed by atoms with Crippen LogP contribution in [0.2, 0.25) is 0 Å². The number of nitrogens with one attached hydrogen (secondary N) is 2. The van der Waals surface area contributed by atoms with Crippen LogP contribution in [0.5, 0.6) is 5.75 Å². The second-order valence-electron chi connectivity index (χ2n) is 6.22. The van der Waals surface area contributed by atoms with Crippen molar-refractivity contribution in [3.05, 3.63) is 48.5 Å². The molecule has 132 valence electrons. The molecule has 0 unspecified atom stereocenters. The summed E-state index contributed by atoms with van der Waals surface area (Å²) in [6, 6.07) is 14.7. The second kappa shape index (κ2) is 6.51. The molecular weight excluding hydrogens is 332 g/mol. The van der Waals surface area contributed by atoms with E-state index in [9.17, 15) is 9.59 Å². The number of fused-ring (bicyclic) bond motifs is 1. The summed E-state index contributed by atoms with van der Waals surface area (Å²) in [6.45, 7) is 0.309. The summed E-state index contributed by atoms with van der Waals surface area (Å²) in [4.78, 5) is 26.6. The van der Waals surface area contributed by atoms with Gasteiger partial charge < -0.3 is 10.1 Å². The van der Waals surface area contributed by atoms with Gasteiger partial charge in [0, 0.05) is 30.1 Å². The van der Waals surface area contributed by atoms with Gasteiger partial charge in [0.05, 0.1) is 18.5 Å². The van der Waals surface area contributed by atoms with Gasteiger partial charge in [0.1, 0.15) is 5.75 Å². The first-order valence-electron chi connectivity index (χ1n) is 8.34. The first-order chi connectivity index (χ1) is 12.7. The lowest BCUT2D eigenvalue weighted by Gasteiger charge is -2.14. The molecule has 1 aliphatic heterocycles. The lowest BCUT2D eigenvalue weighted by Crippen LogP contribution is -2.28. The maximum absolute atomic E-state index is 12.6. The molecule has 2 heterocycles. The fraction of sp³-hybridized carbons (Fsp3) is 0.211. The standard InChI is InChI=1S/C19H18N4O3/c1-26-14-6-4-5-13(10-14)20-19(25)12-9-17(24)23(11-12)18-15-7-2-3-8-16(15)21-22-18/h2-8,10,12H,9,11H2,1H3,(H,20,25)(H,21,22)/t12-/m0/s1. The number of carbonyl (C=O) groups excluding carboxylic acids is 2. The highest BCUT2D eigenvalue weighted by Gasteiger charge is 2.36. The molecule has 0 bridgehead atoms. The summed E-state index contributed by atoms with van der Waals surface area (Å²) in [6.07, 6.45) is 0.164. The molecule has 26 heavy (non-hydrogen) atoms. The van der Waals surface area contributed by atoms with E-state index in [1.54, 1.807) is 36.3 Å². The molecule has 2 aromatic carbocycles. The quantitative estimate of drug-likeness (QED) is 0.757. The Morgan fingerprint density at radius 3 is 2.96 bits per heavy atom. The van der Waals surface area contributed by atoms with Crippen LogP contribution in [0.25, 0.3) is 10.9 Å². The smallest absolute Gasteiger partial charge is 0.229 e. The minimum Gasteiger partial charge on any atom is -0.497 e. The third-order valence-corrected chi connectivity index (χ3v) is 4.54. The molecule has 0 spiro atoms. The van der Waals surface area contributed by atoms with Crippen LogP contribution < -0.4 is 15.0 Å². The minimum atomic E-state index is -0.427. The van der Waals surface area contributed by atoms with E-state index in [2.05, 4.69) is 15.5 Å². The number of anilines is 2. The summed E-state index contributed by atoms with van der Waals surface area (Å²) in [5.41, 5.74) is 1.50. The summed E-state index contributed by atoms with van der Waals surface area (Å²) in [7, 11) is 1.57. The first kappa shape index (κ1) is 16.1. The van der Waals surface area contributed by atoms with Crippen molar-refractivity contribution in [2.24, 2.45) is 5.92 Å². The van der Waals surface area contributed by atoms with Crippen molar-refractivity contribution in [2.75, 3.05) is 23.9 Å². The van der Waals surface area contributed by atoms with Crippen molar-refractivity contribution in [1.29, 1.82) is 0 Å². The van der Waals surface area contributed by atoms with E-state index in [-0.39, 0.29) is 18.2 Å². The third kappa shape index (κ3) is 2.88. The van der Waals surface area contributed by atoms with Gasteiger partial charge in [0.15, 0.2) is 5.82 Å². The van der Waals surface area contributed by atoms with Gasteiger partial charge in [0.25, 0.3) is 0 Å². The summed E-state index contributed by atoms with van der Waals surface area (Å²) >= 11 is 0.